The first kappa shape index (κ1) is 13.5. The van der Waals surface area contributed by atoms with Gasteiger partial charge in [0.25, 0.3) is 0 Å². The summed E-state index contributed by atoms with van der Waals surface area (Å²) in [5, 5.41) is 10.6. The van der Waals surface area contributed by atoms with E-state index in [0.717, 1.165) is 0 Å². The number of aryl methyl sites for hydroxylation is 1. The van der Waals surface area contributed by atoms with Crippen LogP contribution in [0, 0.1) is 0 Å². The molecule has 0 radical (unpaired) electrons. The van der Waals surface area contributed by atoms with Gasteiger partial charge in [-0.3, -0.25) is 4.68 Å². The first-order chi connectivity index (χ1) is 7.60. The highest BCUT2D eigenvalue weighted by Gasteiger charge is 2.28. The summed E-state index contributed by atoms with van der Waals surface area (Å²) < 4.78 is 6.79. The first-order valence-electron chi connectivity index (χ1n) is 5.48. The molecule has 0 aliphatic carbocycles. The van der Waals surface area contributed by atoms with Crippen LogP contribution in [0.4, 0.5) is 4.79 Å². The van der Waals surface area contributed by atoms with Crippen molar-refractivity contribution < 1.29 is 9.53 Å². The number of aromatic nitrogens is 3. The van der Waals surface area contributed by atoms with Crippen LogP contribution in [0.5, 0.6) is 0 Å². The minimum atomic E-state index is -0.614. The monoisotopic (exact) mass is 240 g/mol. The van der Waals surface area contributed by atoms with Gasteiger partial charge in [0.2, 0.25) is 0 Å². The molecule has 1 rings (SSSR count). The van der Waals surface area contributed by atoms with Crippen molar-refractivity contribution in [3.05, 3.63) is 11.9 Å². The number of ether oxygens (including phenoxy) is 1. The fourth-order valence-corrected chi connectivity index (χ4v) is 1.26. The van der Waals surface area contributed by atoms with Gasteiger partial charge >= 0.3 is 6.09 Å². The molecule has 0 spiro atoms. The molecule has 1 aromatic rings. The summed E-state index contributed by atoms with van der Waals surface area (Å²) in [5.74, 6) is 0. The Hall–Kier alpha value is -1.59. The van der Waals surface area contributed by atoms with Gasteiger partial charge < -0.3 is 10.1 Å². The molecule has 0 saturated carbocycles. The van der Waals surface area contributed by atoms with Crippen molar-refractivity contribution in [1.82, 2.24) is 20.3 Å². The highest BCUT2D eigenvalue weighted by Crippen LogP contribution is 2.17. The van der Waals surface area contributed by atoms with Crippen molar-refractivity contribution >= 4 is 6.09 Å². The van der Waals surface area contributed by atoms with Crippen LogP contribution in [-0.4, -0.2) is 26.7 Å². The predicted octanol–water partition coefficient (Wildman–Crippen LogP) is 1.57. The lowest BCUT2D eigenvalue weighted by atomic mass is 10.0. The quantitative estimate of drug-likeness (QED) is 0.852. The molecule has 96 valence electrons. The highest BCUT2D eigenvalue weighted by atomic mass is 16.6. The Balaban J connectivity index is 2.70. The normalized spacial score (nSPS) is 12.4. The molecule has 1 aromatic heterocycles. The summed E-state index contributed by atoms with van der Waals surface area (Å²) in [5.41, 5.74) is -0.440. The smallest absolute Gasteiger partial charge is 0.408 e. The van der Waals surface area contributed by atoms with E-state index >= 15 is 0 Å². The van der Waals surface area contributed by atoms with Crippen LogP contribution in [0.3, 0.4) is 0 Å². The Morgan fingerprint density at radius 3 is 2.35 bits per heavy atom. The number of alkyl carbamates (subject to hydrolysis) is 1. The molecular weight excluding hydrogens is 220 g/mol. The number of carbonyl (C=O) groups is 1. The molecule has 0 atom stereocenters. The van der Waals surface area contributed by atoms with E-state index in [1.807, 2.05) is 34.6 Å². The Bertz CT molecular complexity index is 404. The molecule has 0 aliphatic rings. The molecule has 1 amide bonds. The van der Waals surface area contributed by atoms with E-state index in [4.69, 9.17) is 4.74 Å². The summed E-state index contributed by atoms with van der Waals surface area (Å²) in [6, 6.07) is 0. The Morgan fingerprint density at radius 1 is 1.35 bits per heavy atom. The Kier molecular flexibility index (Phi) is 3.45. The van der Waals surface area contributed by atoms with Gasteiger partial charge in [0.1, 0.15) is 11.3 Å². The van der Waals surface area contributed by atoms with Gasteiger partial charge in [-0.15, -0.1) is 5.10 Å². The molecule has 0 unspecified atom stereocenters. The molecule has 17 heavy (non-hydrogen) atoms. The summed E-state index contributed by atoms with van der Waals surface area (Å²) in [4.78, 5) is 11.7. The maximum absolute atomic E-state index is 11.7. The fourth-order valence-electron chi connectivity index (χ4n) is 1.26. The molecule has 1 N–H and O–H groups in total. The van der Waals surface area contributed by atoms with E-state index in [-0.39, 0.29) is 0 Å². The van der Waals surface area contributed by atoms with E-state index in [1.54, 1.807) is 17.9 Å². The number of amides is 1. The van der Waals surface area contributed by atoms with Crippen LogP contribution in [-0.2, 0) is 17.3 Å². The second-order valence-electron chi connectivity index (χ2n) is 5.53. The average molecular weight is 240 g/mol. The largest absolute Gasteiger partial charge is 0.444 e. The van der Waals surface area contributed by atoms with Gasteiger partial charge in [-0.2, -0.15) is 0 Å². The average Bonchev–Trinajstić information content (AvgIpc) is 2.46. The van der Waals surface area contributed by atoms with Gasteiger partial charge in [0, 0.05) is 7.05 Å². The molecule has 0 bridgehead atoms. The van der Waals surface area contributed by atoms with Gasteiger partial charge in [-0.05, 0) is 34.6 Å². The highest BCUT2D eigenvalue weighted by molar-refractivity contribution is 5.68. The summed E-state index contributed by atoms with van der Waals surface area (Å²) in [7, 11) is 1.78. The zero-order valence-electron chi connectivity index (χ0n) is 11.2. The molecule has 0 saturated heterocycles. The van der Waals surface area contributed by atoms with Crippen molar-refractivity contribution in [3.63, 3.8) is 0 Å². The third-order valence-electron chi connectivity index (χ3n) is 2.06. The minimum Gasteiger partial charge on any atom is -0.444 e. The fraction of sp³-hybridized carbons (Fsp3) is 0.727. The molecular formula is C11H20N4O2. The van der Waals surface area contributed by atoms with Crippen LogP contribution in [0.15, 0.2) is 6.20 Å². The van der Waals surface area contributed by atoms with E-state index in [0.29, 0.717) is 5.69 Å². The third-order valence-corrected chi connectivity index (χ3v) is 2.06. The zero-order valence-corrected chi connectivity index (χ0v) is 11.2. The minimum absolute atomic E-state index is 0.465. The van der Waals surface area contributed by atoms with E-state index in [9.17, 15) is 4.79 Å². The number of hydrogen-bond acceptors (Lipinski definition) is 4. The second-order valence-corrected chi connectivity index (χ2v) is 5.53. The number of nitrogens with zero attached hydrogens (tertiary/aromatic N) is 3. The van der Waals surface area contributed by atoms with Crippen LogP contribution in [0.25, 0.3) is 0 Å². The lowest BCUT2D eigenvalue weighted by Gasteiger charge is -2.26. The summed E-state index contributed by atoms with van der Waals surface area (Å²) in [6.45, 7) is 9.16. The first-order valence-corrected chi connectivity index (χ1v) is 5.48. The Morgan fingerprint density at radius 2 is 1.94 bits per heavy atom. The molecule has 0 aliphatic heterocycles. The van der Waals surface area contributed by atoms with Gasteiger partial charge in [-0.1, -0.05) is 5.21 Å². The van der Waals surface area contributed by atoms with Crippen LogP contribution in [0.2, 0.25) is 0 Å². The number of hydrogen-bond donors (Lipinski definition) is 1. The molecule has 1 heterocycles. The topological polar surface area (TPSA) is 69.0 Å². The lowest BCUT2D eigenvalue weighted by molar-refractivity contribution is 0.0468. The SMILES string of the molecule is Cn1cc(C(C)(C)NC(=O)OC(C)(C)C)nn1. The molecule has 0 aromatic carbocycles. The van der Waals surface area contributed by atoms with E-state index < -0.39 is 17.2 Å². The standard InChI is InChI=1S/C11H20N4O2/c1-10(2,3)17-9(16)12-11(4,5)8-7-15(6)14-13-8/h7H,1-6H3,(H,12,16). The lowest BCUT2D eigenvalue weighted by Crippen LogP contribution is -2.44. The Labute approximate surface area is 101 Å². The van der Waals surface area contributed by atoms with Gasteiger partial charge in [0.05, 0.1) is 11.7 Å². The van der Waals surface area contributed by atoms with Crippen molar-refractivity contribution in [1.29, 1.82) is 0 Å². The van der Waals surface area contributed by atoms with Crippen molar-refractivity contribution in [2.75, 3.05) is 0 Å². The van der Waals surface area contributed by atoms with Crippen LogP contribution >= 0.6 is 0 Å². The number of rotatable bonds is 2. The van der Waals surface area contributed by atoms with Gasteiger partial charge in [0.15, 0.2) is 0 Å². The zero-order chi connectivity index (χ0) is 13.3. The van der Waals surface area contributed by atoms with Crippen molar-refractivity contribution in [3.8, 4) is 0 Å². The van der Waals surface area contributed by atoms with Crippen molar-refractivity contribution in [2.24, 2.45) is 7.05 Å². The summed E-state index contributed by atoms with van der Waals surface area (Å²) in [6.07, 6.45) is 1.30. The third kappa shape index (κ3) is 4.05. The maximum Gasteiger partial charge on any atom is 0.408 e. The van der Waals surface area contributed by atoms with Gasteiger partial charge in [-0.25, -0.2) is 4.79 Å². The predicted molar refractivity (Wildman–Crippen MR) is 63.4 cm³/mol. The maximum atomic E-state index is 11.7. The second kappa shape index (κ2) is 4.35. The molecule has 6 nitrogen and oxygen atoms in total. The van der Waals surface area contributed by atoms with Crippen molar-refractivity contribution in [2.45, 2.75) is 45.8 Å². The van der Waals surface area contributed by atoms with Crippen LogP contribution in [0.1, 0.15) is 40.3 Å². The molecule has 0 fully saturated rings. The van der Waals surface area contributed by atoms with E-state index in [2.05, 4.69) is 15.6 Å². The number of nitrogens with one attached hydrogen (secondary N) is 1. The summed E-state index contributed by atoms with van der Waals surface area (Å²) >= 11 is 0. The molecule has 6 heteroatoms. The van der Waals surface area contributed by atoms with E-state index in [1.165, 1.54) is 0 Å². The number of carbonyl (C=O) groups excluding carboxylic acids is 1. The van der Waals surface area contributed by atoms with Crippen LogP contribution < -0.4 is 5.32 Å².